The van der Waals surface area contributed by atoms with Crippen LogP contribution in [-0.4, -0.2) is 47.7 Å². The monoisotopic (exact) mass is 355 g/mol. The van der Waals surface area contributed by atoms with Gasteiger partial charge in [-0.25, -0.2) is 4.98 Å². The topological polar surface area (TPSA) is 36.4 Å². The molecule has 4 nitrogen and oxygen atoms in total. The molecule has 0 bridgehead atoms. The molecule has 1 saturated heterocycles. The molecule has 25 heavy (non-hydrogen) atoms. The van der Waals surface area contributed by atoms with E-state index in [2.05, 4.69) is 41.1 Å². The Labute approximate surface area is 154 Å². The number of benzene rings is 1. The number of rotatable bonds is 6. The fourth-order valence-electron chi connectivity index (χ4n) is 3.04. The summed E-state index contributed by atoms with van der Waals surface area (Å²) in [6.45, 7) is 5.41. The molecular weight excluding hydrogens is 330 g/mol. The van der Waals surface area contributed by atoms with Gasteiger partial charge < -0.3 is 9.80 Å². The highest BCUT2D eigenvalue weighted by Crippen LogP contribution is 2.16. The molecule has 1 amide bonds. The molecule has 1 aliphatic rings. The van der Waals surface area contributed by atoms with Gasteiger partial charge >= 0.3 is 0 Å². The molecule has 2 heterocycles. The molecule has 2 aromatic rings. The van der Waals surface area contributed by atoms with Crippen molar-refractivity contribution in [3.8, 4) is 0 Å². The highest BCUT2D eigenvalue weighted by Gasteiger charge is 2.21. The van der Waals surface area contributed by atoms with Gasteiger partial charge in [-0.2, -0.15) is 11.8 Å². The quantitative estimate of drug-likeness (QED) is 0.745. The molecule has 0 unspecified atom stereocenters. The van der Waals surface area contributed by atoms with E-state index in [1.54, 1.807) is 0 Å². The molecule has 5 heteroatoms. The van der Waals surface area contributed by atoms with Crippen molar-refractivity contribution < 1.29 is 4.79 Å². The first-order valence-corrected chi connectivity index (χ1v) is 9.95. The first kappa shape index (κ1) is 17.8. The van der Waals surface area contributed by atoms with Crippen molar-refractivity contribution in [3.05, 3.63) is 59.8 Å². The largest absolute Gasteiger partial charge is 0.353 e. The molecule has 132 valence electrons. The summed E-state index contributed by atoms with van der Waals surface area (Å²) < 4.78 is 0. The highest BCUT2D eigenvalue weighted by molar-refractivity contribution is 7.98. The zero-order valence-corrected chi connectivity index (χ0v) is 15.5. The second kappa shape index (κ2) is 8.90. The third-order valence-electron chi connectivity index (χ3n) is 4.42. The molecule has 0 spiro atoms. The molecule has 1 aromatic carbocycles. The van der Waals surface area contributed by atoms with E-state index in [-0.39, 0.29) is 5.91 Å². The van der Waals surface area contributed by atoms with Gasteiger partial charge in [-0.15, -0.1) is 0 Å². The van der Waals surface area contributed by atoms with Crippen molar-refractivity contribution in [1.82, 2.24) is 9.88 Å². The van der Waals surface area contributed by atoms with Gasteiger partial charge in [0.05, 0.1) is 0 Å². The Morgan fingerprint density at radius 2 is 1.96 bits per heavy atom. The number of nitrogens with zero attached hydrogens (tertiary/aromatic N) is 3. The number of amides is 1. The van der Waals surface area contributed by atoms with Gasteiger partial charge in [0.15, 0.2) is 0 Å². The third kappa shape index (κ3) is 5.23. The predicted molar refractivity (Wildman–Crippen MR) is 105 cm³/mol. The molecule has 0 N–H and O–H groups in total. The lowest BCUT2D eigenvalue weighted by molar-refractivity contribution is -0.131. The van der Waals surface area contributed by atoms with Crippen molar-refractivity contribution in [2.75, 3.05) is 36.8 Å². The van der Waals surface area contributed by atoms with E-state index in [0.717, 1.165) is 43.5 Å². The van der Waals surface area contributed by atoms with Crippen LogP contribution >= 0.6 is 11.8 Å². The van der Waals surface area contributed by atoms with Crippen LogP contribution in [0, 0.1) is 6.92 Å². The number of carbonyl (C=O) groups is 1. The SMILES string of the molecule is Cc1cccc(CSCCC(=O)N2CCN(c3ccccn3)CC2)c1. The van der Waals surface area contributed by atoms with E-state index >= 15 is 0 Å². The molecule has 0 radical (unpaired) electrons. The fourth-order valence-corrected chi connectivity index (χ4v) is 3.91. The summed E-state index contributed by atoms with van der Waals surface area (Å²) in [4.78, 5) is 21.0. The number of hydrogen-bond donors (Lipinski definition) is 0. The second-order valence-electron chi connectivity index (χ2n) is 6.35. The Morgan fingerprint density at radius 3 is 2.68 bits per heavy atom. The van der Waals surface area contributed by atoms with Crippen LogP contribution < -0.4 is 4.90 Å². The van der Waals surface area contributed by atoms with Gasteiger partial charge in [0.1, 0.15) is 5.82 Å². The first-order chi connectivity index (χ1) is 12.2. The lowest BCUT2D eigenvalue weighted by Crippen LogP contribution is -2.49. The number of hydrogen-bond acceptors (Lipinski definition) is 4. The van der Waals surface area contributed by atoms with Crippen LogP contribution in [0.15, 0.2) is 48.7 Å². The van der Waals surface area contributed by atoms with Crippen molar-refractivity contribution in [2.24, 2.45) is 0 Å². The van der Waals surface area contributed by atoms with Gasteiger partial charge in [0.2, 0.25) is 5.91 Å². The minimum Gasteiger partial charge on any atom is -0.353 e. The van der Waals surface area contributed by atoms with Gasteiger partial charge in [-0.05, 0) is 24.6 Å². The summed E-state index contributed by atoms with van der Waals surface area (Å²) in [5.41, 5.74) is 2.63. The average Bonchev–Trinajstić information content (AvgIpc) is 2.66. The molecule has 1 aliphatic heterocycles. The zero-order valence-electron chi connectivity index (χ0n) is 14.7. The van der Waals surface area contributed by atoms with Crippen molar-refractivity contribution in [1.29, 1.82) is 0 Å². The lowest BCUT2D eigenvalue weighted by Gasteiger charge is -2.35. The average molecular weight is 356 g/mol. The molecule has 0 saturated carbocycles. The number of aryl methyl sites for hydroxylation is 1. The molecule has 3 rings (SSSR count). The molecule has 0 atom stereocenters. The van der Waals surface area contributed by atoms with Crippen LogP contribution in [0.3, 0.4) is 0 Å². The molecular formula is C20H25N3OS. The van der Waals surface area contributed by atoms with Crippen molar-refractivity contribution in [3.63, 3.8) is 0 Å². The summed E-state index contributed by atoms with van der Waals surface area (Å²) in [6.07, 6.45) is 2.44. The Bertz CT molecular complexity index is 684. The Morgan fingerprint density at radius 1 is 1.12 bits per heavy atom. The summed E-state index contributed by atoms with van der Waals surface area (Å²) in [6, 6.07) is 14.5. The fraction of sp³-hybridized carbons (Fsp3) is 0.400. The standard InChI is InChI=1S/C20H25N3OS/c1-17-5-4-6-18(15-17)16-25-14-8-20(24)23-12-10-22(11-13-23)19-7-2-3-9-21-19/h2-7,9,15H,8,10-14,16H2,1H3. The van der Waals surface area contributed by atoms with Crippen LogP contribution in [0.25, 0.3) is 0 Å². The van der Waals surface area contributed by atoms with Crippen LogP contribution in [-0.2, 0) is 10.5 Å². The minimum absolute atomic E-state index is 0.275. The maximum absolute atomic E-state index is 12.4. The summed E-state index contributed by atoms with van der Waals surface area (Å²) >= 11 is 1.84. The summed E-state index contributed by atoms with van der Waals surface area (Å²) in [5.74, 6) is 3.14. The van der Waals surface area contributed by atoms with E-state index in [0.29, 0.717) is 6.42 Å². The summed E-state index contributed by atoms with van der Waals surface area (Å²) in [7, 11) is 0. The first-order valence-electron chi connectivity index (χ1n) is 8.79. The van der Waals surface area contributed by atoms with E-state index in [1.807, 2.05) is 41.1 Å². The predicted octanol–water partition coefficient (Wildman–Crippen LogP) is 3.36. The molecule has 1 fully saturated rings. The maximum Gasteiger partial charge on any atom is 0.223 e. The third-order valence-corrected chi connectivity index (χ3v) is 5.45. The number of anilines is 1. The van der Waals surface area contributed by atoms with E-state index in [1.165, 1.54) is 11.1 Å². The summed E-state index contributed by atoms with van der Waals surface area (Å²) in [5, 5.41) is 0. The smallest absolute Gasteiger partial charge is 0.223 e. The Balaban J connectivity index is 1.37. The van der Waals surface area contributed by atoms with Crippen LogP contribution in [0.1, 0.15) is 17.5 Å². The van der Waals surface area contributed by atoms with Crippen LogP contribution in [0.4, 0.5) is 5.82 Å². The number of carbonyl (C=O) groups excluding carboxylic acids is 1. The number of piperazine rings is 1. The Kier molecular flexibility index (Phi) is 6.34. The van der Waals surface area contributed by atoms with Gasteiger partial charge in [-0.1, -0.05) is 35.9 Å². The van der Waals surface area contributed by atoms with Crippen LogP contribution in [0.5, 0.6) is 0 Å². The highest BCUT2D eigenvalue weighted by atomic mass is 32.2. The van der Waals surface area contributed by atoms with E-state index in [4.69, 9.17) is 0 Å². The molecule has 0 aliphatic carbocycles. The molecule has 1 aromatic heterocycles. The second-order valence-corrected chi connectivity index (χ2v) is 7.45. The zero-order chi connectivity index (χ0) is 17.5. The maximum atomic E-state index is 12.4. The van der Waals surface area contributed by atoms with Crippen LogP contribution in [0.2, 0.25) is 0 Å². The van der Waals surface area contributed by atoms with Gasteiger partial charge in [0, 0.05) is 50.3 Å². The van der Waals surface area contributed by atoms with Gasteiger partial charge in [0.25, 0.3) is 0 Å². The number of thioether (sulfide) groups is 1. The number of aromatic nitrogens is 1. The Hall–Kier alpha value is -2.01. The number of pyridine rings is 1. The van der Waals surface area contributed by atoms with Crippen molar-refractivity contribution >= 4 is 23.5 Å². The lowest BCUT2D eigenvalue weighted by atomic mass is 10.2. The normalized spacial score (nSPS) is 14.6. The van der Waals surface area contributed by atoms with Crippen molar-refractivity contribution in [2.45, 2.75) is 19.1 Å². The van der Waals surface area contributed by atoms with E-state index in [9.17, 15) is 4.79 Å². The van der Waals surface area contributed by atoms with Gasteiger partial charge in [-0.3, -0.25) is 4.79 Å². The minimum atomic E-state index is 0.275. The van der Waals surface area contributed by atoms with E-state index < -0.39 is 0 Å².